The van der Waals surface area contributed by atoms with E-state index in [4.69, 9.17) is 11.6 Å². The molecule has 0 aliphatic carbocycles. The van der Waals surface area contributed by atoms with E-state index in [-0.39, 0.29) is 23.7 Å². The number of carbonyl (C=O) groups is 2. The third kappa shape index (κ3) is 4.08. The Hall–Kier alpha value is -2.32. The summed E-state index contributed by atoms with van der Waals surface area (Å²) in [7, 11) is 0. The van der Waals surface area contributed by atoms with E-state index in [0.717, 1.165) is 12.2 Å². The first kappa shape index (κ1) is 18.5. The average molecular weight is 393 g/mol. The van der Waals surface area contributed by atoms with Crippen LogP contribution in [0.1, 0.15) is 31.2 Å². The van der Waals surface area contributed by atoms with Gasteiger partial charge in [0.15, 0.2) is 5.16 Å². The van der Waals surface area contributed by atoms with E-state index in [2.05, 4.69) is 20.6 Å². The fourth-order valence-corrected chi connectivity index (χ4v) is 3.45. The number of benzene rings is 1. The van der Waals surface area contributed by atoms with Crippen LogP contribution < -0.4 is 16.2 Å². The normalized spacial score (nSPS) is 15.9. The predicted molar refractivity (Wildman–Crippen MR) is 102 cm³/mol. The Morgan fingerprint density at radius 2 is 2.08 bits per heavy atom. The molecule has 7 nitrogen and oxygen atoms in total. The molecule has 1 atom stereocenters. The van der Waals surface area contributed by atoms with Crippen LogP contribution in [0.4, 0.5) is 11.5 Å². The average Bonchev–Trinajstić information content (AvgIpc) is 2.60. The number of carbonyl (C=O) groups excluding carboxylic acids is 2. The first-order chi connectivity index (χ1) is 12.5. The Kier molecular flexibility index (Phi) is 5.63. The summed E-state index contributed by atoms with van der Waals surface area (Å²) >= 11 is 7.22. The Morgan fingerprint density at radius 1 is 1.35 bits per heavy atom. The summed E-state index contributed by atoms with van der Waals surface area (Å²) in [6.45, 7) is 2.02. The van der Waals surface area contributed by atoms with Crippen molar-refractivity contribution in [2.45, 2.75) is 30.8 Å². The second-order valence-electron chi connectivity index (χ2n) is 5.78. The molecular formula is C17H17ClN4O3S. The van der Waals surface area contributed by atoms with Gasteiger partial charge in [0, 0.05) is 22.9 Å². The van der Waals surface area contributed by atoms with Crippen LogP contribution in [0.5, 0.6) is 0 Å². The van der Waals surface area contributed by atoms with Crippen molar-refractivity contribution in [2.75, 3.05) is 16.4 Å². The Bertz CT molecular complexity index is 898. The van der Waals surface area contributed by atoms with Crippen molar-refractivity contribution in [3.05, 3.63) is 45.2 Å². The SMILES string of the molecule is CCCSc1nc2c(c(=O)[nH]1)C(C(=O)Nc1ccc(Cl)cc1)CC(=O)N2. The number of fused-ring (bicyclic) bond motifs is 1. The highest BCUT2D eigenvalue weighted by atomic mass is 35.5. The van der Waals surface area contributed by atoms with E-state index >= 15 is 0 Å². The topological polar surface area (TPSA) is 104 Å². The van der Waals surface area contributed by atoms with Gasteiger partial charge in [0.1, 0.15) is 5.82 Å². The fraction of sp³-hybridized carbons (Fsp3) is 0.294. The maximum atomic E-state index is 12.7. The Balaban J connectivity index is 1.90. The number of rotatable bonds is 5. The van der Waals surface area contributed by atoms with Gasteiger partial charge >= 0.3 is 0 Å². The molecule has 0 spiro atoms. The minimum atomic E-state index is -0.907. The zero-order chi connectivity index (χ0) is 18.7. The number of nitrogens with zero attached hydrogens (tertiary/aromatic N) is 1. The summed E-state index contributed by atoms with van der Waals surface area (Å²) in [5.41, 5.74) is 0.299. The molecule has 2 amide bonds. The van der Waals surface area contributed by atoms with Gasteiger partial charge in [0.2, 0.25) is 11.8 Å². The quantitative estimate of drug-likeness (QED) is 0.536. The lowest BCUT2D eigenvalue weighted by molar-refractivity contribution is -0.123. The predicted octanol–water partition coefficient (Wildman–Crippen LogP) is 2.99. The highest BCUT2D eigenvalue weighted by molar-refractivity contribution is 7.99. The molecule has 2 heterocycles. The lowest BCUT2D eigenvalue weighted by Gasteiger charge is -2.23. The van der Waals surface area contributed by atoms with Gasteiger partial charge in [0.05, 0.1) is 11.5 Å². The van der Waals surface area contributed by atoms with Gasteiger partial charge in [-0.1, -0.05) is 30.3 Å². The van der Waals surface area contributed by atoms with Crippen molar-refractivity contribution in [1.82, 2.24) is 9.97 Å². The number of hydrogen-bond donors (Lipinski definition) is 3. The van der Waals surface area contributed by atoms with Crippen LogP contribution in [0.2, 0.25) is 5.02 Å². The number of aromatic nitrogens is 2. The molecule has 1 aromatic carbocycles. The highest BCUT2D eigenvalue weighted by Crippen LogP contribution is 2.30. The van der Waals surface area contributed by atoms with Gasteiger partial charge < -0.3 is 15.6 Å². The Morgan fingerprint density at radius 3 is 2.77 bits per heavy atom. The first-order valence-electron chi connectivity index (χ1n) is 8.11. The molecular weight excluding hydrogens is 376 g/mol. The van der Waals surface area contributed by atoms with Gasteiger partial charge in [-0.2, -0.15) is 0 Å². The third-order valence-electron chi connectivity index (χ3n) is 3.80. The Labute approximate surface area is 158 Å². The van der Waals surface area contributed by atoms with Crippen molar-refractivity contribution in [2.24, 2.45) is 0 Å². The molecule has 3 N–H and O–H groups in total. The molecule has 1 unspecified atom stereocenters. The molecule has 0 radical (unpaired) electrons. The van der Waals surface area contributed by atoms with Crippen LogP contribution >= 0.6 is 23.4 Å². The molecule has 2 aromatic rings. The van der Waals surface area contributed by atoms with E-state index in [1.807, 2.05) is 6.92 Å². The molecule has 1 aliphatic rings. The van der Waals surface area contributed by atoms with Crippen LogP contribution in [0, 0.1) is 0 Å². The zero-order valence-corrected chi connectivity index (χ0v) is 15.5. The largest absolute Gasteiger partial charge is 0.326 e. The molecule has 0 bridgehead atoms. The van der Waals surface area contributed by atoms with E-state index in [9.17, 15) is 14.4 Å². The number of anilines is 2. The summed E-state index contributed by atoms with van der Waals surface area (Å²) in [6, 6.07) is 6.59. The van der Waals surface area contributed by atoms with Crippen molar-refractivity contribution >= 4 is 46.7 Å². The molecule has 0 fully saturated rings. The first-order valence-corrected chi connectivity index (χ1v) is 9.47. The lowest BCUT2D eigenvalue weighted by Crippen LogP contribution is -2.36. The maximum Gasteiger partial charge on any atom is 0.257 e. The van der Waals surface area contributed by atoms with Crippen LogP contribution in [0.3, 0.4) is 0 Å². The number of H-pyrrole nitrogens is 1. The van der Waals surface area contributed by atoms with Gasteiger partial charge in [-0.15, -0.1) is 0 Å². The minimum absolute atomic E-state index is 0.112. The van der Waals surface area contributed by atoms with Crippen molar-refractivity contribution in [3.8, 4) is 0 Å². The lowest BCUT2D eigenvalue weighted by atomic mass is 9.92. The van der Waals surface area contributed by atoms with Crippen molar-refractivity contribution in [1.29, 1.82) is 0 Å². The summed E-state index contributed by atoms with van der Waals surface area (Å²) < 4.78 is 0. The third-order valence-corrected chi connectivity index (χ3v) is 5.13. The van der Waals surface area contributed by atoms with Gasteiger partial charge in [-0.05, 0) is 30.7 Å². The molecule has 0 saturated carbocycles. The molecule has 1 aliphatic heterocycles. The fourth-order valence-electron chi connectivity index (χ4n) is 2.60. The van der Waals surface area contributed by atoms with E-state index in [1.165, 1.54) is 11.8 Å². The molecule has 1 aromatic heterocycles. The second kappa shape index (κ2) is 7.92. The van der Waals surface area contributed by atoms with Crippen LogP contribution in [-0.2, 0) is 9.59 Å². The minimum Gasteiger partial charge on any atom is -0.326 e. The molecule has 26 heavy (non-hydrogen) atoms. The number of halogens is 1. The summed E-state index contributed by atoms with van der Waals surface area (Å²) in [4.78, 5) is 44.2. The molecule has 0 saturated heterocycles. The van der Waals surface area contributed by atoms with Crippen molar-refractivity contribution < 1.29 is 9.59 Å². The van der Waals surface area contributed by atoms with Crippen LogP contribution in [-0.4, -0.2) is 27.5 Å². The van der Waals surface area contributed by atoms with Crippen molar-refractivity contribution in [3.63, 3.8) is 0 Å². The summed E-state index contributed by atoms with van der Waals surface area (Å²) in [5.74, 6) is -0.755. The number of aromatic amines is 1. The van der Waals surface area contributed by atoms with Gasteiger partial charge in [0.25, 0.3) is 5.56 Å². The smallest absolute Gasteiger partial charge is 0.257 e. The second-order valence-corrected chi connectivity index (χ2v) is 7.30. The standard InChI is InChI=1S/C17H17ClN4O3S/c1-2-7-26-17-21-14-13(16(25)22-17)11(8-12(23)20-14)15(24)19-10-5-3-9(18)4-6-10/h3-6,11H,2,7-8H2,1H3,(H,19,24)(H2,20,21,22,23,25). The molecule has 3 rings (SSSR count). The number of hydrogen-bond acceptors (Lipinski definition) is 5. The zero-order valence-electron chi connectivity index (χ0n) is 14.0. The molecule has 136 valence electrons. The number of amides is 2. The monoisotopic (exact) mass is 392 g/mol. The maximum absolute atomic E-state index is 12.7. The number of nitrogens with one attached hydrogen (secondary N) is 3. The van der Waals surface area contributed by atoms with Gasteiger partial charge in [-0.3, -0.25) is 14.4 Å². The van der Waals surface area contributed by atoms with Gasteiger partial charge in [-0.25, -0.2) is 4.98 Å². The van der Waals surface area contributed by atoms with E-state index < -0.39 is 17.4 Å². The van der Waals surface area contributed by atoms with E-state index in [1.54, 1.807) is 24.3 Å². The van der Waals surface area contributed by atoms with Crippen LogP contribution in [0.25, 0.3) is 0 Å². The summed E-state index contributed by atoms with van der Waals surface area (Å²) in [6.07, 6.45) is 0.808. The molecule has 9 heteroatoms. The number of thioether (sulfide) groups is 1. The van der Waals surface area contributed by atoms with E-state index in [0.29, 0.717) is 15.9 Å². The van der Waals surface area contributed by atoms with Crippen LogP contribution in [0.15, 0.2) is 34.2 Å². The summed E-state index contributed by atoms with van der Waals surface area (Å²) in [5, 5.41) is 6.28. The highest BCUT2D eigenvalue weighted by Gasteiger charge is 2.34.